The Labute approximate surface area is 194 Å². The minimum atomic E-state index is -0.440. The molecule has 9 nitrogen and oxygen atoms in total. The van der Waals surface area contributed by atoms with Crippen molar-refractivity contribution < 1.29 is 18.8 Å². The Hall–Kier alpha value is -3.79. The fourth-order valence-corrected chi connectivity index (χ4v) is 4.25. The van der Waals surface area contributed by atoms with Crippen LogP contribution in [0.3, 0.4) is 0 Å². The van der Waals surface area contributed by atoms with Crippen molar-refractivity contribution in [3.8, 4) is 22.9 Å². The van der Waals surface area contributed by atoms with E-state index >= 15 is 0 Å². The number of carbonyl (C=O) groups is 1. The minimum absolute atomic E-state index is 0.202. The monoisotopic (exact) mass is 463 g/mol. The number of amides is 1. The molecule has 1 N–H and O–H groups in total. The first-order valence-electron chi connectivity index (χ1n) is 10.3. The molecular formula is C23H21N5O4S. The van der Waals surface area contributed by atoms with Crippen LogP contribution in [0.5, 0.6) is 11.5 Å². The molecule has 0 saturated heterocycles. The summed E-state index contributed by atoms with van der Waals surface area (Å²) < 4.78 is 18.0. The number of aromatic nitrogens is 4. The van der Waals surface area contributed by atoms with Crippen LogP contribution in [-0.2, 0) is 11.3 Å². The predicted molar refractivity (Wildman–Crippen MR) is 122 cm³/mol. The first-order chi connectivity index (χ1) is 16.1. The van der Waals surface area contributed by atoms with Gasteiger partial charge in [0.25, 0.3) is 0 Å². The predicted octanol–water partition coefficient (Wildman–Crippen LogP) is 4.14. The van der Waals surface area contributed by atoms with Gasteiger partial charge in [-0.2, -0.15) is 0 Å². The number of thioether (sulfide) groups is 1. The van der Waals surface area contributed by atoms with Crippen LogP contribution < -0.4 is 14.8 Å². The highest BCUT2D eigenvalue weighted by atomic mass is 32.2. The average Bonchev–Trinajstić information content (AvgIpc) is 3.55. The molecule has 4 aromatic rings. The SMILES string of the molecule is Cc1cc(NC(=O)C(C)Sc2nnc(-c3ccccc3)n2Cc2ccc3c(c2)OCO3)no1. The number of ether oxygens (including phenoxy) is 2. The second-order valence-electron chi connectivity index (χ2n) is 7.52. The second-order valence-corrected chi connectivity index (χ2v) is 8.83. The van der Waals surface area contributed by atoms with Gasteiger partial charge in [-0.05, 0) is 31.5 Å². The third-order valence-corrected chi connectivity index (χ3v) is 6.14. The van der Waals surface area contributed by atoms with Crippen molar-refractivity contribution in [2.75, 3.05) is 12.1 Å². The molecule has 0 aliphatic carbocycles. The quantitative estimate of drug-likeness (QED) is 0.408. The van der Waals surface area contributed by atoms with E-state index in [4.69, 9.17) is 14.0 Å². The largest absolute Gasteiger partial charge is 0.454 e. The number of hydrogen-bond acceptors (Lipinski definition) is 8. The molecule has 168 valence electrons. The van der Waals surface area contributed by atoms with Gasteiger partial charge < -0.3 is 19.3 Å². The molecule has 2 aromatic heterocycles. The summed E-state index contributed by atoms with van der Waals surface area (Å²) in [5.41, 5.74) is 1.95. The van der Waals surface area contributed by atoms with E-state index < -0.39 is 5.25 Å². The molecule has 1 amide bonds. The molecule has 0 radical (unpaired) electrons. The first-order valence-corrected chi connectivity index (χ1v) is 11.2. The minimum Gasteiger partial charge on any atom is -0.454 e. The van der Waals surface area contributed by atoms with E-state index in [1.54, 1.807) is 13.0 Å². The van der Waals surface area contributed by atoms with Crippen molar-refractivity contribution in [3.05, 3.63) is 65.9 Å². The Kier molecular flexibility index (Phi) is 5.74. The number of anilines is 1. The lowest BCUT2D eigenvalue weighted by Crippen LogP contribution is -2.23. The summed E-state index contributed by atoms with van der Waals surface area (Å²) in [5.74, 6) is 2.97. The summed E-state index contributed by atoms with van der Waals surface area (Å²) in [7, 11) is 0. The van der Waals surface area contributed by atoms with Gasteiger partial charge in [0.05, 0.1) is 11.8 Å². The standard InChI is InChI=1S/C23H21N5O4S/c1-14-10-20(27-32-14)24-22(29)15(2)33-23-26-25-21(17-6-4-3-5-7-17)28(23)12-16-8-9-18-19(11-16)31-13-30-18/h3-11,15H,12-13H2,1-2H3,(H,24,27,29). The van der Waals surface area contributed by atoms with E-state index in [1.807, 2.05) is 60.0 Å². The number of hydrogen-bond donors (Lipinski definition) is 1. The molecule has 0 fully saturated rings. The van der Waals surface area contributed by atoms with Gasteiger partial charge >= 0.3 is 0 Å². The molecular weight excluding hydrogens is 442 g/mol. The van der Waals surface area contributed by atoms with Gasteiger partial charge in [-0.15, -0.1) is 10.2 Å². The number of nitrogens with one attached hydrogen (secondary N) is 1. The van der Waals surface area contributed by atoms with Crippen LogP contribution in [0, 0.1) is 6.92 Å². The Morgan fingerprint density at radius 3 is 2.73 bits per heavy atom. The van der Waals surface area contributed by atoms with Crippen molar-refractivity contribution in [1.29, 1.82) is 0 Å². The van der Waals surface area contributed by atoms with Gasteiger partial charge in [0, 0.05) is 11.6 Å². The highest BCUT2D eigenvalue weighted by molar-refractivity contribution is 8.00. The van der Waals surface area contributed by atoms with E-state index in [9.17, 15) is 4.79 Å². The second kappa shape index (κ2) is 8.99. The topological polar surface area (TPSA) is 104 Å². The highest BCUT2D eigenvalue weighted by Gasteiger charge is 2.22. The Morgan fingerprint density at radius 2 is 1.94 bits per heavy atom. The molecule has 1 aliphatic rings. The van der Waals surface area contributed by atoms with Crippen LogP contribution in [0.25, 0.3) is 11.4 Å². The van der Waals surface area contributed by atoms with Crippen LogP contribution in [0.15, 0.2) is 64.3 Å². The zero-order valence-corrected chi connectivity index (χ0v) is 18.8. The fourth-order valence-electron chi connectivity index (χ4n) is 3.41. The summed E-state index contributed by atoms with van der Waals surface area (Å²) in [5, 5.41) is 15.6. The smallest absolute Gasteiger partial charge is 0.238 e. The van der Waals surface area contributed by atoms with Gasteiger partial charge in [-0.25, -0.2) is 0 Å². The average molecular weight is 464 g/mol. The highest BCUT2D eigenvalue weighted by Crippen LogP contribution is 2.34. The molecule has 0 spiro atoms. The zero-order chi connectivity index (χ0) is 22.8. The molecule has 2 aromatic carbocycles. The third-order valence-electron chi connectivity index (χ3n) is 5.06. The van der Waals surface area contributed by atoms with E-state index in [0.29, 0.717) is 29.0 Å². The van der Waals surface area contributed by atoms with Crippen LogP contribution in [0.4, 0.5) is 5.82 Å². The maximum atomic E-state index is 12.7. The van der Waals surface area contributed by atoms with Crippen molar-refractivity contribution in [1.82, 2.24) is 19.9 Å². The van der Waals surface area contributed by atoms with E-state index in [2.05, 4.69) is 20.7 Å². The maximum absolute atomic E-state index is 12.7. The van der Waals surface area contributed by atoms with Gasteiger partial charge in [-0.3, -0.25) is 9.36 Å². The molecule has 0 saturated carbocycles. The number of fused-ring (bicyclic) bond motifs is 1. The lowest BCUT2D eigenvalue weighted by molar-refractivity contribution is -0.115. The molecule has 33 heavy (non-hydrogen) atoms. The molecule has 1 aliphatic heterocycles. The zero-order valence-electron chi connectivity index (χ0n) is 18.0. The number of carbonyl (C=O) groups excluding carboxylic acids is 1. The summed E-state index contributed by atoms with van der Waals surface area (Å²) in [4.78, 5) is 12.7. The van der Waals surface area contributed by atoms with Crippen molar-refractivity contribution in [2.24, 2.45) is 0 Å². The van der Waals surface area contributed by atoms with E-state index in [1.165, 1.54) is 11.8 Å². The molecule has 5 rings (SSSR count). The third kappa shape index (κ3) is 4.56. The van der Waals surface area contributed by atoms with Crippen LogP contribution >= 0.6 is 11.8 Å². The summed E-state index contributed by atoms with van der Waals surface area (Å²) in [6, 6.07) is 17.3. The molecule has 1 atom stereocenters. The van der Waals surface area contributed by atoms with Crippen molar-refractivity contribution in [3.63, 3.8) is 0 Å². The molecule has 10 heteroatoms. The van der Waals surface area contributed by atoms with Crippen LogP contribution in [0.1, 0.15) is 18.2 Å². The van der Waals surface area contributed by atoms with Gasteiger partial charge in [0.2, 0.25) is 12.7 Å². The number of benzene rings is 2. The first kappa shape index (κ1) is 21.1. The number of rotatable bonds is 7. The van der Waals surface area contributed by atoms with Gasteiger partial charge in [0.1, 0.15) is 5.76 Å². The lowest BCUT2D eigenvalue weighted by atomic mass is 10.2. The molecule has 3 heterocycles. The molecule has 0 bridgehead atoms. The van der Waals surface area contributed by atoms with Gasteiger partial charge in [-0.1, -0.05) is 53.3 Å². The van der Waals surface area contributed by atoms with Gasteiger partial charge in [0.15, 0.2) is 28.3 Å². The Morgan fingerprint density at radius 1 is 1.12 bits per heavy atom. The molecule has 1 unspecified atom stereocenters. The van der Waals surface area contributed by atoms with Crippen LogP contribution in [0.2, 0.25) is 0 Å². The lowest BCUT2D eigenvalue weighted by Gasteiger charge is -2.13. The number of aryl methyl sites for hydroxylation is 1. The van der Waals surface area contributed by atoms with E-state index in [-0.39, 0.29) is 12.7 Å². The normalized spacial score (nSPS) is 13.2. The van der Waals surface area contributed by atoms with Crippen molar-refractivity contribution in [2.45, 2.75) is 30.8 Å². The summed E-state index contributed by atoms with van der Waals surface area (Å²) in [6.07, 6.45) is 0. The van der Waals surface area contributed by atoms with Crippen LogP contribution in [-0.4, -0.2) is 37.9 Å². The number of nitrogens with zero attached hydrogens (tertiary/aromatic N) is 4. The summed E-state index contributed by atoms with van der Waals surface area (Å²) >= 11 is 1.33. The summed E-state index contributed by atoms with van der Waals surface area (Å²) in [6.45, 7) is 4.31. The fraction of sp³-hybridized carbons (Fsp3) is 0.217. The van der Waals surface area contributed by atoms with E-state index in [0.717, 1.165) is 22.7 Å². The maximum Gasteiger partial charge on any atom is 0.238 e. The van der Waals surface area contributed by atoms with Crippen molar-refractivity contribution >= 4 is 23.5 Å². The Balaban J connectivity index is 1.42. The Bertz CT molecular complexity index is 1290.